The molecule has 11 nitrogen and oxygen atoms in total. The van der Waals surface area contributed by atoms with E-state index in [0.29, 0.717) is 24.7 Å². The Morgan fingerprint density at radius 2 is 2.10 bits per heavy atom. The number of nitrogens with one attached hydrogen (secondary N) is 2. The molecule has 2 heterocycles. The maximum Gasteiger partial charge on any atom is 0.332 e. The molecule has 0 atom stereocenters. The number of nitrogens with two attached hydrogens (primary N) is 1. The van der Waals surface area contributed by atoms with Crippen molar-refractivity contribution in [3.05, 3.63) is 27.5 Å². The van der Waals surface area contributed by atoms with Gasteiger partial charge < -0.3 is 9.84 Å². The Morgan fingerprint density at radius 1 is 1.33 bits per heavy atom. The summed E-state index contributed by atoms with van der Waals surface area (Å²) >= 11 is 0. The Morgan fingerprint density at radius 3 is 2.67 bits per heavy atom. The van der Waals surface area contributed by atoms with E-state index in [0.717, 1.165) is 0 Å². The van der Waals surface area contributed by atoms with Crippen LogP contribution in [0.2, 0.25) is 0 Å². The molecule has 0 aliphatic carbocycles. The van der Waals surface area contributed by atoms with Gasteiger partial charge in [0.25, 0.3) is 0 Å². The van der Waals surface area contributed by atoms with Gasteiger partial charge in [-0.1, -0.05) is 5.16 Å². The van der Waals surface area contributed by atoms with E-state index in [4.69, 9.17) is 10.4 Å². The normalized spacial score (nSPS) is 10.4. The highest BCUT2D eigenvalue weighted by Gasteiger charge is 2.21. The molecule has 4 N–H and O–H groups in total. The second kappa shape index (κ2) is 6.09. The Labute approximate surface area is 119 Å². The van der Waals surface area contributed by atoms with E-state index in [1.54, 1.807) is 6.92 Å². The molecule has 2 rings (SSSR count). The van der Waals surface area contributed by atoms with Crippen LogP contribution >= 0.6 is 0 Å². The first kappa shape index (κ1) is 14.6. The predicted octanol–water partition coefficient (Wildman–Crippen LogP) is 0.325. The van der Waals surface area contributed by atoms with Gasteiger partial charge in [0, 0.05) is 13.0 Å². The number of hydrazine groups is 1. The van der Waals surface area contributed by atoms with Crippen molar-refractivity contribution in [2.45, 2.75) is 20.3 Å². The smallest absolute Gasteiger partial charge is 0.332 e. The fourth-order valence-electron chi connectivity index (χ4n) is 1.70. The van der Waals surface area contributed by atoms with Crippen LogP contribution in [0.1, 0.15) is 17.4 Å². The van der Waals surface area contributed by atoms with E-state index < -0.39 is 4.92 Å². The number of aromatic nitrogens is 4. The van der Waals surface area contributed by atoms with Crippen LogP contribution in [0, 0.1) is 24.0 Å². The van der Waals surface area contributed by atoms with Crippen LogP contribution in [0.5, 0.6) is 0 Å². The predicted molar refractivity (Wildman–Crippen MR) is 72.5 cm³/mol. The van der Waals surface area contributed by atoms with Gasteiger partial charge in [-0.15, -0.1) is 0 Å². The lowest BCUT2D eigenvalue weighted by molar-refractivity contribution is -0.385. The van der Waals surface area contributed by atoms with Crippen LogP contribution < -0.4 is 16.6 Å². The molecule has 0 radical (unpaired) electrons. The lowest BCUT2D eigenvalue weighted by Crippen LogP contribution is -2.15. The second-order valence-electron chi connectivity index (χ2n) is 4.14. The molecule has 0 aliphatic rings. The van der Waals surface area contributed by atoms with Crippen LogP contribution in [0.15, 0.2) is 4.52 Å². The van der Waals surface area contributed by atoms with Crippen LogP contribution in [0.4, 0.5) is 17.5 Å². The highest BCUT2D eigenvalue weighted by atomic mass is 16.6. The molecule has 112 valence electrons. The van der Waals surface area contributed by atoms with Gasteiger partial charge in [-0.05, 0) is 13.8 Å². The van der Waals surface area contributed by atoms with Gasteiger partial charge in [0.1, 0.15) is 5.69 Å². The van der Waals surface area contributed by atoms with Gasteiger partial charge in [0.05, 0.1) is 4.92 Å². The van der Waals surface area contributed by atoms with Crippen molar-refractivity contribution in [2.24, 2.45) is 5.84 Å². The van der Waals surface area contributed by atoms with Crippen molar-refractivity contribution in [2.75, 3.05) is 17.3 Å². The van der Waals surface area contributed by atoms with E-state index in [2.05, 4.69) is 30.9 Å². The topological polar surface area (TPSA) is 158 Å². The summed E-state index contributed by atoms with van der Waals surface area (Å²) in [5, 5.41) is 17.6. The zero-order valence-electron chi connectivity index (χ0n) is 11.5. The van der Waals surface area contributed by atoms with Crippen LogP contribution in [-0.2, 0) is 6.42 Å². The summed E-state index contributed by atoms with van der Waals surface area (Å²) in [6.07, 6.45) is 0.409. The van der Waals surface area contributed by atoms with Crippen LogP contribution in [-0.4, -0.2) is 31.6 Å². The quantitative estimate of drug-likeness (QED) is 0.385. The molecular formula is C10H14N8O3. The molecule has 0 spiro atoms. The third-order valence-corrected chi connectivity index (χ3v) is 2.57. The monoisotopic (exact) mass is 294 g/mol. The SMILES string of the molecule is Cc1noc(CCNc2nc(NN)nc(C)c2[N+](=O)[O-])n1. The molecule has 0 fully saturated rings. The summed E-state index contributed by atoms with van der Waals surface area (Å²) in [4.78, 5) is 22.4. The molecule has 21 heavy (non-hydrogen) atoms. The molecule has 0 aromatic carbocycles. The van der Waals surface area contributed by atoms with Gasteiger partial charge in [0.15, 0.2) is 5.82 Å². The van der Waals surface area contributed by atoms with Gasteiger partial charge in [-0.3, -0.25) is 15.5 Å². The molecule has 0 unspecified atom stereocenters. The Bertz CT molecular complexity index is 656. The summed E-state index contributed by atoms with van der Waals surface area (Å²) in [5.41, 5.74) is 2.27. The first-order valence-corrected chi connectivity index (χ1v) is 6.04. The van der Waals surface area contributed by atoms with Crippen molar-refractivity contribution in [1.82, 2.24) is 20.1 Å². The van der Waals surface area contributed by atoms with E-state index in [1.807, 2.05) is 0 Å². The van der Waals surface area contributed by atoms with Crippen molar-refractivity contribution < 1.29 is 9.45 Å². The summed E-state index contributed by atoms with van der Waals surface area (Å²) in [6.45, 7) is 3.55. The highest BCUT2D eigenvalue weighted by molar-refractivity contribution is 5.60. The summed E-state index contributed by atoms with van der Waals surface area (Å²) in [6, 6.07) is 0. The minimum atomic E-state index is -0.547. The number of hydrogen-bond acceptors (Lipinski definition) is 10. The van der Waals surface area contributed by atoms with E-state index in [1.165, 1.54) is 6.92 Å². The molecule has 0 saturated heterocycles. The van der Waals surface area contributed by atoms with Crippen molar-refractivity contribution in [3.8, 4) is 0 Å². The number of hydrogen-bond donors (Lipinski definition) is 3. The number of rotatable bonds is 6. The minimum absolute atomic E-state index is 0.0803. The summed E-state index contributed by atoms with van der Waals surface area (Å²) in [5.74, 6) is 6.37. The number of aryl methyl sites for hydroxylation is 2. The molecular weight excluding hydrogens is 280 g/mol. The van der Waals surface area contributed by atoms with Crippen molar-refractivity contribution in [3.63, 3.8) is 0 Å². The van der Waals surface area contributed by atoms with Crippen molar-refractivity contribution in [1.29, 1.82) is 0 Å². The minimum Gasteiger partial charge on any atom is -0.364 e. The van der Waals surface area contributed by atoms with E-state index >= 15 is 0 Å². The van der Waals surface area contributed by atoms with Crippen LogP contribution in [0.3, 0.4) is 0 Å². The third kappa shape index (κ3) is 3.39. The maximum atomic E-state index is 11.1. The highest BCUT2D eigenvalue weighted by Crippen LogP contribution is 2.26. The second-order valence-corrected chi connectivity index (χ2v) is 4.14. The van der Waals surface area contributed by atoms with Gasteiger partial charge >= 0.3 is 5.69 Å². The number of nitrogen functional groups attached to an aromatic ring is 1. The molecule has 0 amide bonds. The maximum absolute atomic E-state index is 11.1. The lowest BCUT2D eigenvalue weighted by atomic mass is 10.3. The lowest BCUT2D eigenvalue weighted by Gasteiger charge is -2.08. The Balaban J connectivity index is 2.14. The zero-order valence-corrected chi connectivity index (χ0v) is 11.5. The van der Waals surface area contributed by atoms with Crippen molar-refractivity contribution >= 4 is 17.5 Å². The zero-order chi connectivity index (χ0) is 15.4. The molecule has 0 saturated carbocycles. The Hall–Kier alpha value is -2.82. The average molecular weight is 294 g/mol. The molecule has 0 aliphatic heterocycles. The molecule has 2 aromatic heterocycles. The number of nitro groups is 1. The van der Waals surface area contributed by atoms with E-state index in [9.17, 15) is 10.1 Å². The summed E-state index contributed by atoms with van der Waals surface area (Å²) < 4.78 is 4.95. The van der Waals surface area contributed by atoms with Gasteiger partial charge in [-0.2, -0.15) is 9.97 Å². The summed E-state index contributed by atoms with van der Waals surface area (Å²) in [7, 11) is 0. The fourth-order valence-corrected chi connectivity index (χ4v) is 1.70. The standard InChI is InChI=1S/C10H14N8O3/c1-5-8(18(19)20)9(15-10(13-5)16-11)12-4-3-7-14-6(2)17-21-7/h3-4,11H2,1-2H3,(H2,12,13,15,16). The van der Waals surface area contributed by atoms with Gasteiger partial charge in [0.2, 0.25) is 17.7 Å². The molecule has 2 aromatic rings. The van der Waals surface area contributed by atoms with E-state index in [-0.39, 0.29) is 23.1 Å². The molecule has 11 heteroatoms. The average Bonchev–Trinajstić information content (AvgIpc) is 2.83. The van der Waals surface area contributed by atoms with Gasteiger partial charge in [-0.25, -0.2) is 10.8 Å². The number of nitrogens with zero attached hydrogens (tertiary/aromatic N) is 5. The molecule has 0 bridgehead atoms. The fraction of sp³-hybridized carbons (Fsp3) is 0.400. The largest absolute Gasteiger partial charge is 0.364 e. The Kier molecular flexibility index (Phi) is 4.23. The first-order chi connectivity index (χ1) is 10.0. The third-order valence-electron chi connectivity index (χ3n) is 2.57. The number of anilines is 2. The van der Waals surface area contributed by atoms with Crippen LogP contribution in [0.25, 0.3) is 0 Å². The first-order valence-electron chi connectivity index (χ1n) is 6.04.